The van der Waals surface area contributed by atoms with Gasteiger partial charge in [-0.1, -0.05) is 36.4 Å². The molecule has 0 radical (unpaired) electrons. The van der Waals surface area contributed by atoms with Gasteiger partial charge in [0.1, 0.15) is 6.07 Å². The quantitative estimate of drug-likeness (QED) is 0.648. The summed E-state index contributed by atoms with van der Waals surface area (Å²) in [5.41, 5.74) is 4.43. The number of rotatable bonds is 1. The summed E-state index contributed by atoms with van der Waals surface area (Å²) in [6, 6.07) is 16.2. The minimum absolute atomic E-state index is 0.679. The molecule has 0 amide bonds. The second-order valence-corrected chi connectivity index (χ2v) is 4.19. The molecule has 86 valence electrons. The Morgan fingerprint density at radius 2 is 1.89 bits per heavy atom. The van der Waals surface area contributed by atoms with Crippen molar-refractivity contribution in [3.8, 4) is 17.2 Å². The fourth-order valence-electron chi connectivity index (χ4n) is 2.22. The first-order valence-corrected chi connectivity index (χ1v) is 5.71. The van der Waals surface area contributed by atoms with Crippen LogP contribution >= 0.6 is 0 Å². The molecule has 3 nitrogen and oxygen atoms in total. The Morgan fingerprint density at radius 1 is 1.11 bits per heavy atom. The molecule has 0 fully saturated rings. The van der Waals surface area contributed by atoms with E-state index in [0.29, 0.717) is 5.56 Å². The van der Waals surface area contributed by atoms with Crippen LogP contribution in [0.15, 0.2) is 48.8 Å². The summed E-state index contributed by atoms with van der Waals surface area (Å²) >= 11 is 0. The van der Waals surface area contributed by atoms with E-state index >= 15 is 0 Å². The summed E-state index contributed by atoms with van der Waals surface area (Å²) in [6.45, 7) is 0. The van der Waals surface area contributed by atoms with Crippen LogP contribution in [0.2, 0.25) is 0 Å². The van der Waals surface area contributed by atoms with Crippen LogP contribution in [0, 0.1) is 11.3 Å². The molecule has 0 saturated heterocycles. The molecule has 0 aliphatic heterocycles. The fraction of sp³-hybridized carbons (Fsp3) is 0.0667. The van der Waals surface area contributed by atoms with Gasteiger partial charge in [-0.25, -0.2) is 4.98 Å². The van der Waals surface area contributed by atoms with Gasteiger partial charge in [-0.3, -0.25) is 0 Å². The van der Waals surface area contributed by atoms with Crippen LogP contribution in [-0.2, 0) is 7.05 Å². The summed E-state index contributed by atoms with van der Waals surface area (Å²) < 4.78 is 1.89. The molecular formula is C15H11N3. The zero-order valence-electron chi connectivity index (χ0n) is 9.96. The van der Waals surface area contributed by atoms with Gasteiger partial charge in [0.2, 0.25) is 0 Å². The van der Waals surface area contributed by atoms with Crippen molar-refractivity contribution in [2.24, 2.45) is 7.05 Å². The first-order chi connectivity index (χ1) is 8.81. The largest absolute Gasteiger partial charge is 0.333 e. The predicted molar refractivity (Wildman–Crippen MR) is 70.9 cm³/mol. The van der Waals surface area contributed by atoms with E-state index in [4.69, 9.17) is 0 Å². The number of nitriles is 1. The van der Waals surface area contributed by atoms with Crippen LogP contribution < -0.4 is 0 Å². The molecule has 1 heterocycles. The molecule has 0 N–H and O–H groups in total. The van der Waals surface area contributed by atoms with Gasteiger partial charge in [-0.05, 0) is 11.6 Å². The minimum Gasteiger partial charge on any atom is -0.333 e. The topological polar surface area (TPSA) is 41.6 Å². The molecule has 0 atom stereocenters. The van der Waals surface area contributed by atoms with Crippen molar-refractivity contribution in [1.29, 1.82) is 5.26 Å². The van der Waals surface area contributed by atoms with Crippen molar-refractivity contribution in [2.75, 3.05) is 0 Å². The highest BCUT2D eigenvalue weighted by molar-refractivity contribution is 5.90. The molecular weight excluding hydrogens is 222 g/mol. The molecule has 2 aromatic carbocycles. The standard InChI is InChI=1S/C15H11N3/c1-18-10-17-14-8-7-12(13(9-16)15(14)18)11-5-3-2-4-6-11/h2-8,10H,1H3. The second-order valence-electron chi connectivity index (χ2n) is 4.19. The number of imidazole rings is 1. The van der Waals surface area contributed by atoms with E-state index in [1.54, 1.807) is 6.33 Å². The molecule has 3 rings (SSSR count). The molecule has 18 heavy (non-hydrogen) atoms. The first kappa shape index (κ1) is 10.5. The van der Waals surface area contributed by atoms with Crippen molar-refractivity contribution in [1.82, 2.24) is 9.55 Å². The second kappa shape index (κ2) is 4.01. The van der Waals surface area contributed by atoms with Crippen molar-refractivity contribution in [2.45, 2.75) is 0 Å². The van der Waals surface area contributed by atoms with Gasteiger partial charge in [0.25, 0.3) is 0 Å². The molecule has 0 aliphatic rings. The van der Waals surface area contributed by atoms with Gasteiger partial charge in [-0.2, -0.15) is 5.26 Å². The predicted octanol–water partition coefficient (Wildman–Crippen LogP) is 3.11. The van der Waals surface area contributed by atoms with E-state index in [1.807, 2.05) is 54.1 Å². The normalized spacial score (nSPS) is 10.4. The molecule has 0 bridgehead atoms. The monoisotopic (exact) mass is 233 g/mol. The summed E-state index contributed by atoms with van der Waals surface area (Å²) in [7, 11) is 1.91. The summed E-state index contributed by atoms with van der Waals surface area (Å²) in [5, 5.41) is 9.43. The summed E-state index contributed by atoms with van der Waals surface area (Å²) in [5.74, 6) is 0. The first-order valence-electron chi connectivity index (χ1n) is 5.71. The summed E-state index contributed by atoms with van der Waals surface area (Å²) in [4.78, 5) is 4.27. The smallest absolute Gasteiger partial charge is 0.102 e. The lowest BCUT2D eigenvalue weighted by atomic mass is 9.99. The van der Waals surface area contributed by atoms with E-state index in [0.717, 1.165) is 22.2 Å². The maximum absolute atomic E-state index is 9.43. The Bertz CT molecular complexity index is 748. The molecule has 0 spiro atoms. The third-order valence-corrected chi connectivity index (χ3v) is 3.08. The lowest BCUT2D eigenvalue weighted by Crippen LogP contribution is -1.91. The van der Waals surface area contributed by atoms with Crippen LogP contribution in [0.5, 0.6) is 0 Å². The van der Waals surface area contributed by atoms with Crippen LogP contribution in [0.3, 0.4) is 0 Å². The van der Waals surface area contributed by atoms with Crippen molar-refractivity contribution in [3.05, 3.63) is 54.4 Å². The Kier molecular flexibility index (Phi) is 2.35. The van der Waals surface area contributed by atoms with Crippen LogP contribution in [0.25, 0.3) is 22.2 Å². The van der Waals surface area contributed by atoms with Gasteiger partial charge >= 0.3 is 0 Å². The van der Waals surface area contributed by atoms with Gasteiger partial charge in [0.15, 0.2) is 0 Å². The van der Waals surface area contributed by atoms with Gasteiger partial charge in [0, 0.05) is 12.6 Å². The zero-order valence-corrected chi connectivity index (χ0v) is 9.96. The number of benzene rings is 2. The van der Waals surface area contributed by atoms with Crippen molar-refractivity contribution >= 4 is 11.0 Å². The third-order valence-electron chi connectivity index (χ3n) is 3.08. The van der Waals surface area contributed by atoms with E-state index in [1.165, 1.54) is 0 Å². The molecule has 3 heteroatoms. The Labute approximate surface area is 105 Å². The fourth-order valence-corrected chi connectivity index (χ4v) is 2.22. The van der Waals surface area contributed by atoms with E-state index in [2.05, 4.69) is 11.1 Å². The summed E-state index contributed by atoms with van der Waals surface area (Å²) in [6.07, 6.45) is 1.74. The highest BCUT2D eigenvalue weighted by Gasteiger charge is 2.12. The molecule has 3 aromatic rings. The van der Waals surface area contributed by atoms with Crippen molar-refractivity contribution in [3.63, 3.8) is 0 Å². The molecule has 0 unspecified atom stereocenters. The highest BCUT2D eigenvalue weighted by Crippen LogP contribution is 2.28. The molecule has 1 aromatic heterocycles. The van der Waals surface area contributed by atoms with E-state index in [-0.39, 0.29) is 0 Å². The van der Waals surface area contributed by atoms with Gasteiger partial charge in [0.05, 0.1) is 22.9 Å². The number of fused-ring (bicyclic) bond motifs is 1. The van der Waals surface area contributed by atoms with Crippen LogP contribution in [0.4, 0.5) is 0 Å². The SMILES string of the molecule is Cn1cnc2ccc(-c3ccccc3)c(C#N)c21. The minimum atomic E-state index is 0.679. The number of aromatic nitrogens is 2. The van der Waals surface area contributed by atoms with Crippen molar-refractivity contribution < 1.29 is 0 Å². The number of nitrogens with zero attached hydrogens (tertiary/aromatic N) is 3. The van der Waals surface area contributed by atoms with E-state index < -0.39 is 0 Å². The average molecular weight is 233 g/mol. The molecule has 0 aliphatic carbocycles. The Balaban J connectivity index is 2.38. The lowest BCUT2D eigenvalue weighted by molar-refractivity contribution is 0.946. The zero-order chi connectivity index (χ0) is 12.5. The Hall–Kier alpha value is -2.60. The van der Waals surface area contributed by atoms with E-state index in [9.17, 15) is 5.26 Å². The van der Waals surface area contributed by atoms with Gasteiger partial charge < -0.3 is 4.57 Å². The lowest BCUT2D eigenvalue weighted by Gasteiger charge is -2.06. The highest BCUT2D eigenvalue weighted by atomic mass is 15.0. The molecule has 0 saturated carbocycles. The van der Waals surface area contributed by atoms with Crippen LogP contribution in [-0.4, -0.2) is 9.55 Å². The Morgan fingerprint density at radius 3 is 2.61 bits per heavy atom. The number of aryl methyl sites for hydroxylation is 1. The number of hydrogen-bond acceptors (Lipinski definition) is 2. The number of hydrogen-bond donors (Lipinski definition) is 0. The van der Waals surface area contributed by atoms with Crippen LogP contribution in [0.1, 0.15) is 5.56 Å². The maximum atomic E-state index is 9.43. The van der Waals surface area contributed by atoms with Gasteiger partial charge in [-0.15, -0.1) is 0 Å². The average Bonchev–Trinajstić information content (AvgIpc) is 2.81. The third kappa shape index (κ3) is 1.47. The maximum Gasteiger partial charge on any atom is 0.102 e.